The first-order chi connectivity index (χ1) is 12.7. The van der Waals surface area contributed by atoms with Crippen molar-refractivity contribution >= 4 is 41.3 Å². The second-order valence-electron chi connectivity index (χ2n) is 6.73. The molecule has 0 aliphatic carbocycles. The van der Waals surface area contributed by atoms with E-state index in [1.165, 1.54) is 24.9 Å². The Labute approximate surface area is 183 Å². The van der Waals surface area contributed by atoms with E-state index in [0.29, 0.717) is 18.5 Å². The molecule has 1 saturated heterocycles. The number of hydrogen-bond acceptors (Lipinski definition) is 4. The van der Waals surface area contributed by atoms with Crippen LogP contribution in [0.25, 0.3) is 0 Å². The van der Waals surface area contributed by atoms with E-state index in [-0.39, 0.29) is 24.0 Å². The maximum Gasteiger partial charge on any atom is 0.189 e. The first kappa shape index (κ1) is 22.1. The van der Waals surface area contributed by atoms with E-state index in [1.807, 2.05) is 6.07 Å². The predicted molar refractivity (Wildman–Crippen MR) is 125 cm³/mol. The van der Waals surface area contributed by atoms with Gasteiger partial charge in [-0.15, -0.1) is 35.3 Å². The molecule has 0 bridgehead atoms. The van der Waals surface area contributed by atoms with Crippen molar-refractivity contribution in [3.63, 3.8) is 0 Å². The average molecular weight is 499 g/mol. The molecule has 0 saturated carbocycles. The first-order valence-electron chi connectivity index (χ1n) is 9.49. The average Bonchev–Trinajstić information content (AvgIpc) is 3.32. The number of nitrogens with zero attached hydrogens (tertiary/aromatic N) is 3. The lowest BCUT2D eigenvalue weighted by atomic mass is 10.1. The number of rotatable bonds is 8. The van der Waals surface area contributed by atoms with Gasteiger partial charge >= 0.3 is 0 Å². The van der Waals surface area contributed by atoms with Gasteiger partial charge in [0.25, 0.3) is 0 Å². The summed E-state index contributed by atoms with van der Waals surface area (Å²) in [4.78, 5) is 11.6. The molecule has 148 valence electrons. The molecule has 1 atom stereocenters. The maximum atomic E-state index is 6.02. The summed E-state index contributed by atoms with van der Waals surface area (Å²) >= 11 is 1.71. The van der Waals surface area contributed by atoms with E-state index in [9.17, 15) is 0 Å². The molecule has 1 fully saturated rings. The van der Waals surface area contributed by atoms with Crippen LogP contribution in [-0.4, -0.2) is 41.5 Å². The molecule has 3 rings (SSSR count). The van der Waals surface area contributed by atoms with Gasteiger partial charge in [-0.05, 0) is 37.9 Å². The zero-order valence-electron chi connectivity index (χ0n) is 15.9. The van der Waals surface area contributed by atoms with Gasteiger partial charge in [0.2, 0.25) is 0 Å². The number of halogens is 1. The second kappa shape index (κ2) is 11.6. The normalized spacial score (nSPS) is 17.7. The Morgan fingerprint density at radius 2 is 2.15 bits per heavy atom. The van der Waals surface area contributed by atoms with Crippen molar-refractivity contribution in [3.8, 4) is 0 Å². The lowest BCUT2D eigenvalue weighted by molar-refractivity contribution is 0.267. The fourth-order valence-corrected chi connectivity index (χ4v) is 4.21. The quantitative estimate of drug-likeness (QED) is 0.332. The molecule has 0 amide bonds. The zero-order chi connectivity index (χ0) is 18.2. The molecule has 0 spiro atoms. The highest BCUT2D eigenvalue weighted by Gasteiger charge is 2.22. The predicted octanol–water partition coefficient (Wildman–Crippen LogP) is 3.43. The number of benzene rings is 1. The van der Waals surface area contributed by atoms with E-state index in [2.05, 4.69) is 56.8 Å². The van der Waals surface area contributed by atoms with Crippen molar-refractivity contribution in [2.24, 2.45) is 10.7 Å². The molecule has 1 aliphatic heterocycles. The highest BCUT2D eigenvalue weighted by atomic mass is 127. The lowest BCUT2D eigenvalue weighted by Gasteiger charge is -2.23. The Morgan fingerprint density at radius 1 is 1.33 bits per heavy atom. The Hall–Kier alpha value is -1.19. The van der Waals surface area contributed by atoms with E-state index in [4.69, 9.17) is 5.73 Å². The third kappa shape index (κ3) is 7.04. The summed E-state index contributed by atoms with van der Waals surface area (Å²) in [6.07, 6.45) is 4.52. The standard InChI is InChI=1S/C20H29N5S.HI/c1-2-25-12-6-9-18(25)14-23-20(21)22-13-17-15-26-19(24-17)11-10-16-7-4-3-5-8-16;/h3-5,7-8,15,18H,2,6,9-14H2,1H3,(H3,21,22,23);1H. The molecule has 7 heteroatoms. The van der Waals surface area contributed by atoms with Crippen molar-refractivity contribution in [2.75, 3.05) is 19.6 Å². The van der Waals surface area contributed by atoms with Crippen LogP contribution >= 0.6 is 35.3 Å². The van der Waals surface area contributed by atoms with E-state index >= 15 is 0 Å². The van der Waals surface area contributed by atoms with Crippen molar-refractivity contribution in [3.05, 3.63) is 52.0 Å². The van der Waals surface area contributed by atoms with Gasteiger partial charge in [-0.1, -0.05) is 37.3 Å². The van der Waals surface area contributed by atoms with E-state index in [1.54, 1.807) is 11.3 Å². The summed E-state index contributed by atoms with van der Waals surface area (Å²) in [7, 11) is 0. The number of nitrogens with one attached hydrogen (secondary N) is 1. The third-order valence-corrected chi connectivity index (χ3v) is 5.86. The van der Waals surface area contributed by atoms with Crippen LogP contribution in [0.1, 0.15) is 36.0 Å². The van der Waals surface area contributed by atoms with Crippen molar-refractivity contribution in [1.82, 2.24) is 15.2 Å². The van der Waals surface area contributed by atoms with Crippen LogP contribution in [0.5, 0.6) is 0 Å². The number of likely N-dealkylation sites (N-methyl/N-ethyl adjacent to an activating group) is 1. The summed E-state index contributed by atoms with van der Waals surface area (Å²) < 4.78 is 0. The summed E-state index contributed by atoms with van der Waals surface area (Å²) in [5.41, 5.74) is 8.37. The van der Waals surface area contributed by atoms with E-state index in [0.717, 1.165) is 36.6 Å². The molecular weight excluding hydrogens is 469 g/mol. The molecule has 2 heterocycles. The van der Waals surface area contributed by atoms with Gasteiger partial charge in [0, 0.05) is 24.4 Å². The van der Waals surface area contributed by atoms with Crippen molar-refractivity contribution in [2.45, 2.75) is 45.2 Å². The topological polar surface area (TPSA) is 66.5 Å². The van der Waals surface area contributed by atoms with Crippen LogP contribution in [0.4, 0.5) is 0 Å². The molecule has 5 nitrogen and oxygen atoms in total. The minimum absolute atomic E-state index is 0. The highest BCUT2D eigenvalue weighted by molar-refractivity contribution is 14.0. The van der Waals surface area contributed by atoms with Gasteiger partial charge in [-0.2, -0.15) is 0 Å². The molecule has 2 aromatic rings. The summed E-state index contributed by atoms with van der Waals surface area (Å²) in [6, 6.07) is 11.1. The molecule has 1 aromatic heterocycles. The minimum Gasteiger partial charge on any atom is -0.370 e. The monoisotopic (exact) mass is 499 g/mol. The van der Waals surface area contributed by atoms with Gasteiger partial charge in [0.1, 0.15) is 0 Å². The number of guanidine groups is 1. The Balaban J connectivity index is 0.00000261. The second-order valence-corrected chi connectivity index (χ2v) is 7.67. The molecule has 1 aliphatic rings. The Morgan fingerprint density at radius 3 is 2.93 bits per heavy atom. The molecule has 1 aromatic carbocycles. The molecule has 0 radical (unpaired) electrons. The Bertz CT molecular complexity index is 703. The number of nitrogens with two attached hydrogens (primary N) is 1. The van der Waals surface area contributed by atoms with Gasteiger partial charge in [0.05, 0.1) is 17.2 Å². The van der Waals surface area contributed by atoms with Crippen molar-refractivity contribution < 1.29 is 0 Å². The number of aryl methyl sites for hydroxylation is 2. The number of thiazole rings is 1. The smallest absolute Gasteiger partial charge is 0.189 e. The van der Waals surface area contributed by atoms with Crippen molar-refractivity contribution in [1.29, 1.82) is 0 Å². The lowest BCUT2D eigenvalue weighted by Crippen LogP contribution is -2.42. The fraction of sp³-hybridized carbons (Fsp3) is 0.500. The van der Waals surface area contributed by atoms with Gasteiger partial charge in [-0.3, -0.25) is 4.90 Å². The summed E-state index contributed by atoms with van der Waals surface area (Å²) in [6.45, 7) is 5.94. The summed E-state index contributed by atoms with van der Waals surface area (Å²) in [5, 5.41) is 6.53. The van der Waals surface area contributed by atoms with Crippen LogP contribution in [-0.2, 0) is 19.4 Å². The number of aromatic nitrogens is 1. The number of aliphatic imine (C=N–C) groups is 1. The highest BCUT2D eigenvalue weighted by Crippen LogP contribution is 2.16. The number of hydrogen-bond donors (Lipinski definition) is 2. The maximum absolute atomic E-state index is 6.02. The largest absolute Gasteiger partial charge is 0.370 e. The van der Waals surface area contributed by atoms with Crippen LogP contribution in [0.3, 0.4) is 0 Å². The zero-order valence-corrected chi connectivity index (χ0v) is 19.1. The van der Waals surface area contributed by atoms with Gasteiger partial charge in [-0.25, -0.2) is 9.98 Å². The molecule has 27 heavy (non-hydrogen) atoms. The number of likely N-dealkylation sites (tertiary alicyclic amines) is 1. The third-order valence-electron chi connectivity index (χ3n) is 4.91. The fourth-order valence-electron chi connectivity index (χ4n) is 3.42. The Kier molecular flexibility index (Phi) is 9.50. The minimum atomic E-state index is 0. The van der Waals surface area contributed by atoms with Crippen LogP contribution in [0.2, 0.25) is 0 Å². The molecule has 3 N–H and O–H groups in total. The van der Waals surface area contributed by atoms with Crippen LogP contribution in [0, 0.1) is 0 Å². The van der Waals surface area contributed by atoms with Crippen LogP contribution in [0.15, 0.2) is 40.7 Å². The van der Waals surface area contributed by atoms with Crippen LogP contribution < -0.4 is 11.1 Å². The van der Waals surface area contributed by atoms with Gasteiger partial charge < -0.3 is 11.1 Å². The SMILES string of the molecule is CCN1CCCC1CNC(N)=NCc1csc(CCc2ccccc2)n1.I. The van der Waals surface area contributed by atoms with Gasteiger partial charge in [0.15, 0.2) is 5.96 Å². The summed E-state index contributed by atoms with van der Waals surface area (Å²) in [5.74, 6) is 0.520. The molecular formula is C20H30IN5S. The van der Waals surface area contributed by atoms with E-state index < -0.39 is 0 Å². The first-order valence-corrected chi connectivity index (χ1v) is 10.4. The molecule has 1 unspecified atom stereocenters.